The third-order valence-corrected chi connectivity index (χ3v) is 5.13. The molecule has 1 saturated carbocycles. The molecule has 0 aliphatic heterocycles. The number of hydrogen-bond donors (Lipinski definition) is 0. The molecule has 1 fully saturated rings. The second-order valence-corrected chi connectivity index (χ2v) is 6.93. The standard InChI is InChI=1S/C13H13BrF3NO2S/c1-20-10(19)5-12(2-3-12)7-21-11-9(13(15,16)17)4-8(14)6-18-11/h4,6H,2-3,5,7H2,1H3. The van der Waals surface area contributed by atoms with Crippen molar-refractivity contribution in [2.75, 3.05) is 12.9 Å². The summed E-state index contributed by atoms with van der Waals surface area (Å²) in [6.07, 6.45) is -1.20. The number of pyridine rings is 1. The van der Waals surface area contributed by atoms with Crippen molar-refractivity contribution in [3.63, 3.8) is 0 Å². The first-order valence-corrected chi connectivity index (χ1v) is 7.96. The van der Waals surface area contributed by atoms with E-state index in [2.05, 4.69) is 25.7 Å². The summed E-state index contributed by atoms with van der Waals surface area (Å²) in [6.45, 7) is 0. The SMILES string of the molecule is COC(=O)CC1(CSc2ncc(Br)cc2C(F)(F)F)CC1. The third-order valence-electron chi connectivity index (χ3n) is 3.34. The van der Waals surface area contributed by atoms with Crippen LogP contribution in [0.15, 0.2) is 21.8 Å². The summed E-state index contributed by atoms with van der Waals surface area (Å²) in [5.41, 5.74) is -0.995. The first kappa shape index (κ1) is 16.6. The number of thioether (sulfide) groups is 1. The Morgan fingerprint density at radius 2 is 2.19 bits per heavy atom. The number of halogens is 4. The Morgan fingerprint density at radius 3 is 2.71 bits per heavy atom. The van der Waals surface area contributed by atoms with Crippen LogP contribution in [-0.2, 0) is 15.7 Å². The highest BCUT2D eigenvalue weighted by Crippen LogP contribution is 2.52. The molecule has 0 N–H and O–H groups in total. The Hall–Kier alpha value is -0.760. The lowest BCUT2D eigenvalue weighted by molar-refractivity contribution is -0.142. The van der Waals surface area contributed by atoms with E-state index in [0.717, 1.165) is 30.7 Å². The summed E-state index contributed by atoms with van der Waals surface area (Å²) in [7, 11) is 1.31. The lowest BCUT2D eigenvalue weighted by atomic mass is 10.1. The molecule has 0 spiro atoms. The Bertz CT molecular complexity index is 547. The molecule has 1 aliphatic carbocycles. The van der Waals surface area contributed by atoms with Crippen molar-refractivity contribution in [3.8, 4) is 0 Å². The highest BCUT2D eigenvalue weighted by molar-refractivity contribution is 9.10. The van der Waals surface area contributed by atoms with Crippen molar-refractivity contribution in [2.24, 2.45) is 5.41 Å². The maximum Gasteiger partial charge on any atom is 0.419 e. The van der Waals surface area contributed by atoms with Crippen LogP contribution in [-0.4, -0.2) is 23.8 Å². The van der Waals surface area contributed by atoms with Crippen LogP contribution in [0.5, 0.6) is 0 Å². The predicted molar refractivity (Wildman–Crippen MR) is 76.0 cm³/mol. The zero-order valence-corrected chi connectivity index (χ0v) is 13.6. The van der Waals surface area contributed by atoms with Gasteiger partial charge < -0.3 is 4.74 Å². The first-order chi connectivity index (χ1) is 9.76. The van der Waals surface area contributed by atoms with Gasteiger partial charge in [-0.15, -0.1) is 11.8 Å². The highest BCUT2D eigenvalue weighted by Gasteiger charge is 2.45. The summed E-state index contributed by atoms with van der Waals surface area (Å²) in [5.74, 6) is 0.104. The molecule has 0 radical (unpaired) electrons. The number of hydrogen-bond acceptors (Lipinski definition) is 4. The second kappa shape index (κ2) is 6.16. The largest absolute Gasteiger partial charge is 0.469 e. The van der Waals surface area contributed by atoms with Gasteiger partial charge in [0.15, 0.2) is 0 Å². The zero-order chi connectivity index (χ0) is 15.7. The Balaban J connectivity index is 2.09. The number of carbonyl (C=O) groups is 1. The highest BCUT2D eigenvalue weighted by atomic mass is 79.9. The monoisotopic (exact) mass is 383 g/mol. The van der Waals surface area contributed by atoms with Crippen LogP contribution in [0.4, 0.5) is 13.2 Å². The molecule has 116 valence electrons. The van der Waals surface area contributed by atoms with Gasteiger partial charge >= 0.3 is 12.1 Å². The van der Waals surface area contributed by atoms with Crippen LogP contribution < -0.4 is 0 Å². The predicted octanol–water partition coefficient (Wildman–Crippen LogP) is 4.30. The van der Waals surface area contributed by atoms with Gasteiger partial charge in [0.25, 0.3) is 0 Å². The number of nitrogens with zero attached hydrogens (tertiary/aromatic N) is 1. The van der Waals surface area contributed by atoms with Crippen LogP contribution in [0, 0.1) is 5.41 Å². The van der Waals surface area contributed by atoms with Crippen LogP contribution in [0.2, 0.25) is 0 Å². The average molecular weight is 384 g/mol. The van der Waals surface area contributed by atoms with Crippen molar-refractivity contribution in [2.45, 2.75) is 30.5 Å². The van der Waals surface area contributed by atoms with E-state index in [1.165, 1.54) is 13.3 Å². The summed E-state index contributed by atoms with van der Waals surface area (Å²) >= 11 is 4.05. The van der Waals surface area contributed by atoms with Crippen molar-refractivity contribution in [1.29, 1.82) is 0 Å². The van der Waals surface area contributed by atoms with E-state index >= 15 is 0 Å². The van der Waals surface area contributed by atoms with Crippen LogP contribution in [0.25, 0.3) is 0 Å². The molecule has 1 heterocycles. The minimum atomic E-state index is -4.45. The first-order valence-electron chi connectivity index (χ1n) is 6.18. The Kier molecular flexibility index (Phi) is 4.87. The lowest BCUT2D eigenvalue weighted by Gasteiger charge is -2.15. The number of ether oxygens (including phenoxy) is 1. The summed E-state index contributed by atoms with van der Waals surface area (Å²) in [5, 5.41) is -0.0539. The van der Waals surface area contributed by atoms with Crippen molar-refractivity contribution >= 4 is 33.7 Å². The molecule has 2 rings (SSSR count). The van der Waals surface area contributed by atoms with Gasteiger partial charge in [-0.3, -0.25) is 4.79 Å². The van der Waals surface area contributed by atoms with Gasteiger partial charge in [0.2, 0.25) is 0 Å². The number of alkyl halides is 3. The topological polar surface area (TPSA) is 39.2 Å². The molecule has 3 nitrogen and oxygen atoms in total. The molecule has 0 atom stereocenters. The fourth-order valence-corrected chi connectivity index (χ4v) is 3.52. The van der Waals surface area contributed by atoms with E-state index in [9.17, 15) is 18.0 Å². The number of carbonyl (C=O) groups excluding carboxylic acids is 1. The number of aromatic nitrogens is 1. The van der Waals surface area contributed by atoms with E-state index in [-0.39, 0.29) is 27.3 Å². The Morgan fingerprint density at radius 1 is 1.52 bits per heavy atom. The van der Waals surface area contributed by atoms with E-state index in [4.69, 9.17) is 0 Å². The summed E-state index contributed by atoms with van der Waals surface area (Å²) < 4.78 is 43.8. The molecular weight excluding hydrogens is 371 g/mol. The van der Waals surface area contributed by atoms with E-state index in [0.29, 0.717) is 5.75 Å². The second-order valence-electron chi connectivity index (χ2n) is 5.05. The van der Waals surface area contributed by atoms with E-state index in [1.807, 2.05) is 0 Å². The molecule has 1 aliphatic rings. The van der Waals surface area contributed by atoms with Gasteiger partial charge in [0, 0.05) is 16.4 Å². The fraction of sp³-hybridized carbons (Fsp3) is 0.538. The number of esters is 1. The molecule has 0 bridgehead atoms. The van der Waals surface area contributed by atoms with Gasteiger partial charge in [0.05, 0.1) is 19.1 Å². The van der Waals surface area contributed by atoms with Crippen molar-refractivity contribution in [1.82, 2.24) is 4.98 Å². The van der Waals surface area contributed by atoms with Crippen molar-refractivity contribution < 1.29 is 22.7 Å². The molecule has 0 aromatic carbocycles. The molecule has 0 saturated heterocycles. The van der Waals surface area contributed by atoms with Gasteiger partial charge in [-0.05, 0) is 40.3 Å². The normalized spacial score (nSPS) is 16.6. The molecule has 0 amide bonds. The maximum absolute atomic E-state index is 13.0. The lowest BCUT2D eigenvalue weighted by Crippen LogP contribution is -2.14. The average Bonchev–Trinajstić information content (AvgIpc) is 3.16. The van der Waals surface area contributed by atoms with Gasteiger partial charge in [-0.25, -0.2) is 4.98 Å². The van der Waals surface area contributed by atoms with Gasteiger partial charge in [-0.1, -0.05) is 0 Å². The van der Waals surface area contributed by atoms with Gasteiger partial charge in [0.1, 0.15) is 5.03 Å². The van der Waals surface area contributed by atoms with Crippen LogP contribution >= 0.6 is 27.7 Å². The molecule has 0 unspecified atom stereocenters. The smallest absolute Gasteiger partial charge is 0.419 e. The quantitative estimate of drug-likeness (QED) is 0.561. The number of methoxy groups -OCH3 is 1. The summed E-state index contributed by atoms with van der Waals surface area (Å²) in [4.78, 5) is 15.2. The van der Waals surface area contributed by atoms with E-state index in [1.54, 1.807) is 0 Å². The van der Waals surface area contributed by atoms with Crippen LogP contribution in [0.3, 0.4) is 0 Å². The fourth-order valence-electron chi connectivity index (χ4n) is 1.89. The zero-order valence-electron chi connectivity index (χ0n) is 11.2. The molecule has 1 aromatic heterocycles. The molecular formula is C13H13BrF3NO2S. The molecule has 21 heavy (non-hydrogen) atoms. The third kappa shape index (κ3) is 4.35. The minimum absolute atomic E-state index is 0.0539. The number of rotatable bonds is 5. The molecule has 8 heteroatoms. The van der Waals surface area contributed by atoms with E-state index < -0.39 is 11.7 Å². The van der Waals surface area contributed by atoms with Crippen LogP contribution in [0.1, 0.15) is 24.8 Å². The molecule has 1 aromatic rings. The maximum atomic E-state index is 13.0. The minimum Gasteiger partial charge on any atom is -0.469 e. The van der Waals surface area contributed by atoms with Gasteiger partial charge in [-0.2, -0.15) is 13.2 Å². The summed E-state index contributed by atoms with van der Waals surface area (Å²) in [6, 6.07) is 1.02. The van der Waals surface area contributed by atoms with Crippen molar-refractivity contribution in [3.05, 3.63) is 22.3 Å². The Labute approximate surface area is 132 Å².